The van der Waals surface area contributed by atoms with Crippen molar-refractivity contribution in [1.29, 1.82) is 0 Å². The fourth-order valence-electron chi connectivity index (χ4n) is 2.31. The first-order valence-electron chi connectivity index (χ1n) is 7.71. The lowest BCUT2D eigenvalue weighted by molar-refractivity contribution is 0.0303. The minimum Gasteiger partial charge on any atom is -0.376 e. The van der Waals surface area contributed by atoms with Crippen molar-refractivity contribution in [2.75, 3.05) is 6.61 Å². The third kappa shape index (κ3) is 6.22. The van der Waals surface area contributed by atoms with Gasteiger partial charge in [0.05, 0.1) is 12.1 Å². The van der Waals surface area contributed by atoms with Crippen LogP contribution in [-0.2, 0) is 4.74 Å². The Labute approximate surface area is 118 Å². The van der Waals surface area contributed by atoms with Crippen LogP contribution >= 0.6 is 0 Å². The van der Waals surface area contributed by atoms with E-state index in [9.17, 15) is 0 Å². The molecule has 2 unspecified atom stereocenters. The Hall–Kier alpha value is -0.860. The summed E-state index contributed by atoms with van der Waals surface area (Å²) >= 11 is 0. The van der Waals surface area contributed by atoms with Crippen LogP contribution in [0.5, 0.6) is 0 Å². The zero-order valence-electron chi connectivity index (χ0n) is 12.5. The summed E-state index contributed by atoms with van der Waals surface area (Å²) in [6.45, 7) is 5.22. The summed E-state index contributed by atoms with van der Waals surface area (Å²) < 4.78 is 5.96. The van der Waals surface area contributed by atoms with Crippen LogP contribution in [0.3, 0.4) is 0 Å². The molecule has 1 aromatic carbocycles. The van der Waals surface area contributed by atoms with Crippen LogP contribution < -0.4 is 5.73 Å². The van der Waals surface area contributed by atoms with E-state index in [1.807, 2.05) is 18.2 Å². The average molecular weight is 263 g/mol. The Morgan fingerprint density at radius 1 is 1.00 bits per heavy atom. The van der Waals surface area contributed by atoms with E-state index < -0.39 is 0 Å². The summed E-state index contributed by atoms with van der Waals surface area (Å²) in [5.74, 6) is 0. The van der Waals surface area contributed by atoms with Gasteiger partial charge in [-0.05, 0) is 18.4 Å². The average Bonchev–Trinajstić information content (AvgIpc) is 2.47. The molecule has 2 heteroatoms. The van der Waals surface area contributed by atoms with Crippen molar-refractivity contribution in [3.63, 3.8) is 0 Å². The van der Waals surface area contributed by atoms with Gasteiger partial charge in [0.2, 0.25) is 0 Å². The first-order valence-corrected chi connectivity index (χ1v) is 7.71. The zero-order valence-corrected chi connectivity index (χ0v) is 12.5. The van der Waals surface area contributed by atoms with Gasteiger partial charge in [-0.2, -0.15) is 0 Å². The lowest BCUT2D eigenvalue weighted by atomic mass is 10.0. The lowest BCUT2D eigenvalue weighted by Crippen LogP contribution is -2.28. The molecule has 0 saturated carbocycles. The monoisotopic (exact) mass is 263 g/mol. The molecule has 2 N–H and O–H groups in total. The van der Waals surface area contributed by atoms with Gasteiger partial charge in [0.25, 0.3) is 0 Å². The van der Waals surface area contributed by atoms with Crippen molar-refractivity contribution in [3.8, 4) is 0 Å². The van der Waals surface area contributed by atoms with Crippen molar-refractivity contribution < 1.29 is 4.74 Å². The Kier molecular flexibility index (Phi) is 8.52. The van der Waals surface area contributed by atoms with Crippen molar-refractivity contribution in [2.24, 2.45) is 5.73 Å². The SMILES string of the molecule is CCCCCCCOC(CC)C(N)c1ccccc1. The first-order chi connectivity index (χ1) is 9.29. The van der Waals surface area contributed by atoms with E-state index in [2.05, 4.69) is 26.0 Å². The first kappa shape index (κ1) is 16.2. The van der Waals surface area contributed by atoms with Crippen LogP contribution in [0.2, 0.25) is 0 Å². The van der Waals surface area contributed by atoms with Gasteiger partial charge in [0.1, 0.15) is 0 Å². The maximum Gasteiger partial charge on any atom is 0.0765 e. The predicted octanol–water partition coefficient (Wildman–Crippen LogP) is 4.45. The second-order valence-corrected chi connectivity index (χ2v) is 5.17. The van der Waals surface area contributed by atoms with Crippen LogP contribution in [0.1, 0.15) is 64.0 Å². The molecule has 0 bridgehead atoms. The van der Waals surface area contributed by atoms with Crippen LogP contribution in [0.25, 0.3) is 0 Å². The predicted molar refractivity (Wildman–Crippen MR) is 82.2 cm³/mol. The van der Waals surface area contributed by atoms with Gasteiger partial charge in [-0.15, -0.1) is 0 Å². The van der Waals surface area contributed by atoms with Crippen molar-refractivity contribution in [3.05, 3.63) is 35.9 Å². The molecule has 0 spiro atoms. The lowest BCUT2D eigenvalue weighted by Gasteiger charge is -2.23. The van der Waals surface area contributed by atoms with E-state index in [4.69, 9.17) is 10.5 Å². The molecule has 0 radical (unpaired) electrons. The molecule has 0 aliphatic heterocycles. The second kappa shape index (κ2) is 9.99. The highest BCUT2D eigenvalue weighted by atomic mass is 16.5. The highest BCUT2D eigenvalue weighted by Gasteiger charge is 2.17. The molecule has 0 amide bonds. The van der Waals surface area contributed by atoms with Crippen molar-refractivity contribution >= 4 is 0 Å². The maximum atomic E-state index is 6.29. The molecule has 2 atom stereocenters. The Morgan fingerprint density at radius 2 is 1.68 bits per heavy atom. The Balaban J connectivity index is 2.29. The van der Waals surface area contributed by atoms with Crippen LogP contribution in [0.4, 0.5) is 0 Å². The summed E-state index contributed by atoms with van der Waals surface area (Å²) in [7, 11) is 0. The number of ether oxygens (including phenoxy) is 1. The number of unbranched alkanes of at least 4 members (excludes halogenated alkanes) is 4. The minimum absolute atomic E-state index is 0.0122. The molecule has 1 rings (SSSR count). The van der Waals surface area contributed by atoms with Crippen LogP contribution in [-0.4, -0.2) is 12.7 Å². The molecule has 19 heavy (non-hydrogen) atoms. The summed E-state index contributed by atoms with van der Waals surface area (Å²) in [5, 5.41) is 0. The number of rotatable bonds is 10. The molecular weight excluding hydrogens is 234 g/mol. The van der Waals surface area contributed by atoms with E-state index in [0.29, 0.717) is 0 Å². The summed E-state index contributed by atoms with van der Waals surface area (Å²) in [6, 6.07) is 10.2. The molecule has 0 aliphatic carbocycles. The van der Waals surface area contributed by atoms with Crippen LogP contribution in [0, 0.1) is 0 Å². The van der Waals surface area contributed by atoms with Gasteiger partial charge in [-0.25, -0.2) is 0 Å². The highest BCUT2D eigenvalue weighted by Crippen LogP contribution is 2.19. The normalized spacial score (nSPS) is 14.3. The minimum atomic E-state index is -0.0122. The van der Waals surface area contributed by atoms with Crippen molar-refractivity contribution in [2.45, 2.75) is 64.5 Å². The van der Waals surface area contributed by atoms with Gasteiger partial charge in [0.15, 0.2) is 0 Å². The fraction of sp³-hybridized carbons (Fsp3) is 0.647. The third-order valence-electron chi connectivity index (χ3n) is 3.57. The Bertz CT molecular complexity index is 312. The van der Waals surface area contributed by atoms with Gasteiger partial charge in [0, 0.05) is 6.61 Å². The quantitative estimate of drug-likeness (QED) is 0.633. The number of benzene rings is 1. The Morgan fingerprint density at radius 3 is 2.32 bits per heavy atom. The molecule has 0 aliphatic rings. The second-order valence-electron chi connectivity index (χ2n) is 5.17. The van der Waals surface area contributed by atoms with Gasteiger partial charge >= 0.3 is 0 Å². The standard InChI is InChI=1S/C17H29NO/c1-3-5-6-7-11-14-19-16(4-2)17(18)15-12-9-8-10-13-15/h8-10,12-13,16-17H,3-7,11,14,18H2,1-2H3. The molecule has 0 fully saturated rings. The van der Waals surface area contributed by atoms with Gasteiger partial charge in [-0.1, -0.05) is 69.9 Å². The van der Waals surface area contributed by atoms with E-state index in [1.165, 1.54) is 31.2 Å². The topological polar surface area (TPSA) is 35.2 Å². The zero-order chi connectivity index (χ0) is 13.9. The van der Waals surface area contributed by atoms with Gasteiger partial charge < -0.3 is 10.5 Å². The third-order valence-corrected chi connectivity index (χ3v) is 3.57. The molecular formula is C17H29NO. The molecule has 1 aromatic rings. The van der Waals surface area contributed by atoms with E-state index in [0.717, 1.165) is 19.4 Å². The molecule has 0 aromatic heterocycles. The van der Waals surface area contributed by atoms with Gasteiger partial charge in [-0.3, -0.25) is 0 Å². The maximum absolute atomic E-state index is 6.29. The van der Waals surface area contributed by atoms with Crippen LogP contribution in [0.15, 0.2) is 30.3 Å². The highest BCUT2D eigenvalue weighted by molar-refractivity contribution is 5.19. The molecule has 0 heterocycles. The van der Waals surface area contributed by atoms with E-state index >= 15 is 0 Å². The van der Waals surface area contributed by atoms with Crippen molar-refractivity contribution in [1.82, 2.24) is 0 Å². The molecule has 108 valence electrons. The largest absolute Gasteiger partial charge is 0.376 e. The summed E-state index contributed by atoms with van der Waals surface area (Å²) in [5.41, 5.74) is 7.45. The summed E-state index contributed by atoms with van der Waals surface area (Å²) in [6.07, 6.45) is 7.46. The number of hydrogen-bond donors (Lipinski definition) is 1. The van der Waals surface area contributed by atoms with E-state index in [1.54, 1.807) is 0 Å². The van der Waals surface area contributed by atoms with E-state index in [-0.39, 0.29) is 12.1 Å². The number of nitrogens with two attached hydrogens (primary N) is 1. The summed E-state index contributed by atoms with van der Waals surface area (Å²) in [4.78, 5) is 0. The fourth-order valence-corrected chi connectivity index (χ4v) is 2.31. The smallest absolute Gasteiger partial charge is 0.0765 e. The molecule has 0 saturated heterocycles. The number of hydrogen-bond acceptors (Lipinski definition) is 2. The molecule has 2 nitrogen and oxygen atoms in total.